The third-order valence-corrected chi connectivity index (χ3v) is 4.24. The molecule has 0 aliphatic heterocycles. The molecular weight excluding hydrogens is 344 g/mol. The number of benzene rings is 2. The molecule has 0 aliphatic rings. The zero-order valence-electron chi connectivity index (χ0n) is 15.1. The Labute approximate surface area is 157 Å². The van der Waals surface area contributed by atoms with E-state index < -0.39 is 12.0 Å². The first-order chi connectivity index (χ1) is 13.1. The molecule has 0 radical (unpaired) electrons. The highest BCUT2D eigenvalue weighted by Gasteiger charge is 2.23. The number of methoxy groups -OCH3 is 2. The number of para-hydroxylation sites is 1. The van der Waals surface area contributed by atoms with Gasteiger partial charge in [0.05, 0.1) is 25.3 Å². The SMILES string of the molecule is COC(=O)[C@@H](Cc1cccc(OC)c1)NC(=O)c1cccc2cccnc12. The fourth-order valence-electron chi connectivity index (χ4n) is 2.89. The molecule has 0 aliphatic carbocycles. The number of ether oxygens (including phenoxy) is 2. The van der Waals surface area contributed by atoms with Crippen LogP contribution in [0.15, 0.2) is 60.8 Å². The Hall–Kier alpha value is -3.41. The maximum absolute atomic E-state index is 12.8. The number of nitrogens with one attached hydrogen (secondary N) is 1. The van der Waals surface area contributed by atoms with Crippen molar-refractivity contribution in [2.24, 2.45) is 0 Å². The van der Waals surface area contributed by atoms with Crippen LogP contribution in [0.2, 0.25) is 0 Å². The van der Waals surface area contributed by atoms with Crippen LogP contribution in [0.3, 0.4) is 0 Å². The number of esters is 1. The molecular formula is C21H20N2O4. The number of fused-ring (bicyclic) bond motifs is 1. The van der Waals surface area contributed by atoms with Gasteiger partial charge in [-0.05, 0) is 29.8 Å². The summed E-state index contributed by atoms with van der Waals surface area (Å²) in [6.07, 6.45) is 1.92. The Morgan fingerprint density at radius 3 is 2.63 bits per heavy atom. The van der Waals surface area contributed by atoms with Gasteiger partial charge in [0.2, 0.25) is 0 Å². The molecule has 1 aromatic heterocycles. The van der Waals surface area contributed by atoms with Gasteiger partial charge in [-0.1, -0.05) is 30.3 Å². The van der Waals surface area contributed by atoms with Crippen molar-refractivity contribution >= 4 is 22.8 Å². The minimum absolute atomic E-state index is 0.286. The maximum atomic E-state index is 12.8. The van der Waals surface area contributed by atoms with E-state index in [1.807, 2.05) is 42.5 Å². The molecule has 2 aromatic carbocycles. The maximum Gasteiger partial charge on any atom is 0.328 e. The van der Waals surface area contributed by atoms with Crippen molar-refractivity contribution in [3.05, 3.63) is 71.9 Å². The van der Waals surface area contributed by atoms with E-state index in [0.29, 0.717) is 16.8 Å². The van der Waals surface area contributed by atoms with Gasteiger partial charge in [0.25, 0.3) is 5.91 Å². The van der Waals surface area contributed by atoms with E-state index in [1.54, 1.807) is 25.4 Å². The topological polar surface area (TPSA) is 77.5 Å². The molecule has 0 fully saturated rings. The molecule has 3 rings (SSSR count). The Bertz CT molecular complexity index is 966. The van der Waals surface area contributed by atoms with Crippen LogP contribution >= 0.6 is 0 Å². The highest BCUT2D eigenvalue weighted by molar-refractivity contribution is 6.06. The van der Waals surface area contributed by atoms with Crippen molar-refractivity contribution in [2.45, 2.75) is 12.5 Å². The lowest BCUT2D eigenvalue weighted by Crippen LogP contribution is -2.43. The van der Waals surface area contributed by atoms with E-state index in [-0.39, 0.29) is 12.3 Å². The van der Waals surface area contributed by atoms with Crippen LogP contribution in [0.5, 0.6) is 5.75 Å². The van der Waals surface area contributed by atoms with Gasteiger partial charge < -0.3 is 14.8 Å². The molecule has 0 spiro atoms. The van der Waals surface area contributed by atoms with Crippen LogP contribution in [0.25, 0.3) is 10.9 Å². The van der Waals surface area contributed by atoms with Crippen LogP contribution in [0.1, 0.15) is 15.9 Å². The molecule has 1 heterocycles. The fourth-order valence-corrected chi connectivity index (χ4v) is 2.89. The summed E-state index contributed by atoms with van der Waals surface area (Å²) >= 11 is 0. The highest BCUT2D eigenvalue weighted by Crippen LogP contribution is 2.17. The third kappa shape index (κ3) is 4.23. The Morgan fingerprint density at radius 2 is 1.85 bits per heavy atom. The summed E-state index contributed by atoms with van der Waals surface area (Å²) in [4.78, 5) is 29.3. The fraction of sp³-hybridized carbons (Fsp3) is 0.190. The van der Waals surface area contributed by atoms with E-state index in [9.17, 15) is 9.59 Å². The lowest BCUT2D eigenvalue weighted by Gasteiger charge is -2.17. The van der Waals surface area contributed by atoms with Gasteiger partial charge in [-0.15, -0.1) is 0 Å². The lowest BCUT2D eigenvalue weighted by atomic mass is 10.0. The van der Waals surface area contributed by atoms with E-state index in [1.165, 1.54) is 7.11 Å². The van der Waals surface area contributed by atoms with Crippen molar-refractivity contribution in [3.8, 4) is 5.75 Å². The van der Waals surface area contributed by atoms with E-state index in [4.69, 9.17) is 9.47 Å². The number of pyridine rings is 1. The zero-order chi connectivity index (χ0) is 19.2. The Balaban J connectivity index is 1.85. The van der Waals surface area contributed by atoms with Crippen molar-refractivity contribution in [1.82, 2.24) is 10.3 Å². The molecule has 0 bridgehead atoms. The molecule has 1 atom stereocenters. The predicted molar refractivity (Wildman–Crippen MR) is 102 cm³/mol. The summed E-state index contributed by atoms with van der Waals surface area (Å²) < 4.78 is 10.1. The zero-order valence-corrected chi connectivity index (χ0v) is 15.1. The first-order valence-electron chi connectivity index (χ1n) is 8.47. The largest absolute Gasteiger partial charge is 0.497 e. The van der Waals surface area contributed by atoms with E-state index >= 15 is 0 Å². The van der Waals surface area contributed by atoms with E-state index in [2.05, 4.69) is 10.3 Å². The predicted octanol–water partition coefficient (Wildman–Crippen LogP) is 2.76. The molecule has 3 aromatic rings. The van der Waals surface area contributed by atoms with Gasteiger partial charge >= 0.3 is 5.97 Å². The molecule has 138 valence electrons. The standard InChI is InChI=1S/C21H20N2O4/c1-26-16-9-3-6-14(12-16)13-18(21(25)27-2)23-20(24)17-10-4-7-15-8-5-11-22-19(15)17/h3-12,18H,13H2,1-2H3,(H,23,24)/t18-/m1/s1. The molecule has 6 heteroatoms. The van der Waals surface area contributed by atoms with Gasteiger partial charge in [-0.2, -0.15) is 0 Å². The van der Waals surface area contributed by atoms with Crippen LogP contribution < -0.4 is 10.1 Å². The smallest absolute Gasteiger partial charge is 0.328 e. The molecule has 0 saturated heterocycles. The van der Waals surface area contributed by atoms with Crippen LogP contribution in [0, 0.1) is 0 Å². The van der Waals surface area contributed by atoms with Crippen molar-refractivity contribution in [2.75, 3.05) is 14.2 Å². The molecule has 1 N–H and O–H groups in total. The number of hydrogen-bond acceptors (Lipinski definition) is 5. The van der Waals surface area contributed by atoms with Gasteiger partial charge in [0.15, 0.2) is 0 Å². The molecule has 0 unspecified atom stereocenters. The normalized spacial score (nSPS) is 11.6. The number of nitrogens with zero attached hydrogens (tertiary/aromatic N) is 1. The number of rotatable bonds is 6. The Kier molecular flexibility index (Phi) is 5.66. The summed E-state index contributed by atoms with van der Waals surface area (Å²) in [5, 5.41) is 3.62. The number of amides is 1. The molecule has 6 nitrogen and oxygen atoms in total. The van der Waals surface area contributed by atoms with Crippen molar-refractivity contribution in [1.29, 1.82) is 0 Å². The quantitative estimate of drug-likeness (QED) is 0.681. The van der Waals surface area contributed by atoms with Crippen LogP contribution in [0.4, 0.5) is 0 Å². The molecule has 0 saturated carbocycles. The van der Waals surface area contributed by atoms with Gasteiger partial charge in [0.1, 0.15) is 11.8 Å². The van der Waals surface area contributed by atoms with Crippen LogP contribution in [-0.4, -0.2) is 37.1 Å². The average Bonchev–Trinajstić information content (AvgIpc) is 2.72. The first kappa shape index (κ1) is 18.4. The summed E-state index contributed by atoms with van der Waals surface area (Å²) in [5.74, 6) is -0.211. The average molecular weight is 364 g/mol. The molecule has 1 amide bonds. The van der Waals surface area contributed by atoms with Crippen molar-refractivity contribution < 1.29 is 19.1 Å². The third-order valence-electron chi connectivity index (χ3n) is 4.24. The summed E-state index contributed by atoms with van der Waals surface area (Å²) in [6, 6.07) is 15.6. The highest BCUT2D eigenvalue weighted by atomic mass is 16.5. The van der Waals surface area contributed by atoms with Gasteiger partial charge in [-0.25, -0.2) is 4.79 Å². The second-order valence-electron chi connectivity index (χ2n) is 5.99. The minimum Gasteiger partial charge on any atom is -0.497 e. The van der Waals surface area contributed by atoms with Crippen molar-refractivity contribution in [3.63, 3.8) is 0 Å². The number of carbonyl (C=O) groups excluding carboxylic acids is 2. The van der Waals surface area contributed by atoms with Gasteiger partial charge in [0, 0.05) is 18.0 Å². The monoisotopic (exact) mass is 364 g/mol. The number of hydrogen-bond donors (Lipinski definition) is 1. The summed E-state index contributed by atoms with van der Waals surface area (Å²) in [5.41, 5.74) is 1.84. The summed E-state index contributed by atoms with van der Waals surface area (Å²) in [6.45, 7) is 0. The van der Waals surface area contributed by atoms with Crippen LogP contribution in [-0.2, 0) is 16.0 Å². The molecule has 27 heavy (non-hydrogen) atoms. The second-order valence-corrected chi connectivity index (χ2v) is 5.99. The van der Waals surface area contributed by atoms with Gasteiger partial charge in [-0.3, -0.25) is 9.78 Å². The second kappa shape index (κ2) is 8.31. The number of aromatic nitrogens is 1. The summed E-state index contributed by atoms with van der Waals surface area (Å²) in [7, 11) is 2.87. The lowest BCUT2D eigenvalue weighted by molar-refractivity contribution is -0.142. The Morgan fingerprint density at radius 1 is 1.07 bits per heavy atom. The minimum atomic E-state index is -0.825. The first-order valence-corrected chi connectivity index (χ1v) is 8.47. The number of carbonyl (C=O) groups is 2. The van der Waals surface area contributed by atoms with E-state index in [0.717, 1.165) is 10.9 Å².